The van der Waals surface area contributed by atoms with Gasteiger partial charge in [-0.2, -0.15) is 0 Å². The number of aliphatic hydroxyl groups excluding tert-OH is 1. The second-order valence-electron chi connectivity index (χ2n) is 6.45. The van der Waals surface area contributed by atoms with Gasteiger partial charge in [0.25, 0.3) is 0 Å². The lowest BCUT2D eigenvalue weighted by molar-refractivity contribution is 0.101. The number of Topliss-reactive ketones (excluding diaryl/α,β-unsaturated/α-hetero) is 1. The van der Waals surface area contributed by atoms with E-state index in [0.29, 0.717) is 11.1 Å². The molecule has 0 unspecified atom stereocenters. The molecular formula is C25H21NO3. The minimum atomic E-state index is 0.0294. The molecule has 0 saturated heterocycles. The molecule has 4 nitrogen and oxygen atoms in total. The molecule has 3 aromatic carbocycles. The lowest BCUT2D eigenvalue weighted by Gasteiger charge is -2.09. The first-order valence-corrected chi connectivity index (χ1v) is 9.17. The molecule has 0 amide bonds. The number of ketones is 1. The number of aliphatic hydroxyl groups is 1. The Kier molecular flexibility index (Phi) is 6.27. The number of pyridine rings is 1. The van der Waals surface area contributed by atoms with Gasteiger partial charge in [0.2, 0.25) is 0 Å². The Morgan fingerprint density at radius 1 is 0.828 bits per heavy atom. The van der Waals surface area contributed by atoms with E-state index < -0.39 is 0 Å². The average Bonchev–Trinajstić information content (AvgIpc) is 2.79. The maximum atomic E-state index is 12.1. The van der Waals surface area contributed by atoms with Crippen LogP contribution >= 0.6 is 0 Å². The first kappa shape index (κ1) is 20.1. The van der Waals surface area contributed by atoms with Crippen LogP contribution in [0.1, 0.15) is 27.6 Å². The third kappa shape index (κ3) is 4.28. The molecule has 0 atom stereocenters. The van der Waals surface area contributed by atoms with Gasteiger partial charge in [-0.25, -0.2) is 4.98 Å². The average molecular weight is 383 g/mol. The molecule has 1 aromatic heterocycles. The summed E-state index contributed by atoms with van der Waals surface area (Å²) in [4.78, 5) is 27.6. The van der Waals surface area contributed by atoms with Crippen LogP contribution in [-0.4, -0.2) is 29.3 Å². The van der Waals surface area contributed by atoms with E-state index in [4.69, 9.17) is 10.1 Å². The molecule has 1 heterocycles. The number of aldehydes is 1. The largest absolute Gasteiger partial charge is 0.400 e. The van der Waals surface area contributed by atoms with Crippen LogP contribution in [0.25, 0.3) is 33.3 Å². The van der Waals surface area contributed by atoms with Gasteiger partial charge >= 0.3 is 0 Å². The maximum absolute atomic E-state index is 12.1. The van der Waals surface area contributed by atoms with Crippen molar-refractivity contribution in [3.63, 3.8) is 0 Å². The maximum Gasteiger partial charge on any atom is 0.160 e. The predicted molar refractivity (Wildman–Crippen MR) is 116 cm³/mol. The van der Waals surface area contributed by atoms with Crippen molar-refractivity contribution in [1.82, 2.24) is 4.98 Å². The van der Waals surface area contributed by atoms with E-state index in [1.807, 2.05) is 66.7 Å². The second-order valence-corrected chi connectivity index (χ2v) is 6.45. The minimum absolute atomic E-state index is 0.0294. The van der Waals surface area contributed by atoms with Gasteiger partial charge in [0.15, 0.2) is 5.78 Å². The monoisotopic (exact) mass is 383 g/mol. The van der Waals surface area contributed by atoms with Crippen molar-refractivity contribution in [2.45, 2.75) is 6.92 Å². The number of hydrogen-bond acceptors (Lipinski definition) is 4. The number of carbonyl (C=O) groups is 2. The Balaban J connectivity index is 0.00000117. The van der Waals surface area contributed by atoms with E-state index in [1.165, 1.54) is 0 Å². The van der Waals surface area contributed by atoms with Crippen LogP contribution in [0.4, 0.5) is 0 Å². The number of fused-ring (bicyclic) bond motifs is 1. The standard InChI is InChI=1S/C24H17NO2.CH4O/c1-16(27)22-14-24(25-23-5-3-2-4-21(22)23)20-12-10-19(11-13-20)18-8-6-17(15-26)7-9-18;1-2/h2-15H,1H3;2H,1H3. The first-order chi connectivity index (χ1) is 14.2. The summed E-state index contributed by atoms with van der Waals surface area (Å²) in [5.41, 5.74) is 6.00. The van der Waals surface area contributed by atoms with Crippen LogP contribution in [0.2, 0.25) is 0 Å². The Morgan fingerprint density at radius 3 is 1.97 bits per heavy atom. The molecule has 0 radical (unpaired) electrons. The summed E-state index contributed by atoms with van der Waals surface area (Å²) in [5, 5.41) is 7.88. The molecule has 0 aliphatic heterocycles. The molecule has 0 fully saturated rings. The first-order valence-electron chi connectivity index (χ1n) is 9.17. The van der Waals surface area contributed by atoms with Gasteiger partial charge < -0.3 is 5.11 Å². The zero-order valence-electron chi connectivity index (χ0n) is 16.3. The topological polar surface area (TPSA) is 67.3 Å². The highest BCUT2D eigenvalue weighted by Crippen LogP contribution is 2.27. The van der Waals surface area contributed by atoms with Crippen LogP contribution in [-0.2, 0) is 0 Å². The number of benzene rings is 3. The Morgan fingerprint density at radius 2 is 1.38 bits per heavy atom. The van der Waals surface area contributed by atoms with Crippen molar-refractivity contribution in [2.24, 2.45) is 0 Å². The van der Waals surface area contributed by atoms with Crippen molar-refractivity contribution >= 4 is 23.0 Å². The zero-order chi connectivity index (χ0) is 20.8. The van der Waals surface area contributed by atoms with E-state index in [-0.39, 0.29) is 5.78 Å². The van der Waals surface area contributed by atoms with Crippen molar-refractivity contribution in [1.29, 1.82) is 0 Å². The summed E-state index contributed by atoms with van der Waals surface area (Å²) < 4.78 is 0. The normalized spacial score (nSPS) is 10.2. The highest BCUT2D eigenvalue weighted by atomic mass is 16.2. The lowest BCUT2D eigenvalue weighted by atomic mass is 9.99. The van der Waals surface area contributed by atoms with E-state index in [1.54, 1.807) is 19.1 Å². The molecular weight excluding hydrogens is 362 g/mol. The molecule has 4 aromatic rings. The highest BCUT2D eigenvalue weighted by molar-refractivity contribution is 6.07. The Hall–Kier alpha value is -3.63. The van der Waals surface area contributed by atoms with Crippen LogP contribution < -0.4 is 0 Å². The van der Waals surface area contributed by atoms with Gasteiger partial charge in [-0.1, -0.05) is 66.7 Å². The molecule has 4 rings (SSSR count). The van der Waals surface area contributed by atoms with E-state index >= 15 is 0 Å². The van der Waals surface area contributed by atoms with E-state index in [2.05, 4.69) is 0 Å². The summed E-state index contributed by atoms with van der Waals surface area (Å²) in [6, 6.07) is 25.1. The smallest absolute Gasteiger partial charge is 0.160 e. The van der Waals surface area contributed by atoms with Gasteiger partial charge in [0.05, 0.1) is 11.2 Å². The molecule has 0 saturated carbocycles. The third-order valence-electron chi connectivity index (χ3n) is 4.66. The number of hydrogen-bond donors (Lipinski definition) is 1. The molecule has 0 spiro atoms. The summed E-state index contributed by atoms with van der Waals surface area (Å²) >= 11 is 0. The highest BCUT2D eigenvalue weighted by Gasteiger charge is 2.10. The summed E-state index contributed by atoms with van der Waals surface area (Å²) in [6.07, 6.45) is 0.838. The fourth-order valence-corrected chi connectivity index (χ4v) is 3.20. The molecule has 4 heteroatoms. The van der Waals surface area contributed by atoms with Gasteiger partial charge in [-0.05, 0) is 30.2 Å². The van der Waals surface area contributed by atoms with Crippen LogP contribution in [0.5, 0.6) is 0 Å². The number of rotatable bonds is 4. The minimum Gasteiger partial charge on any atom is -0.400 e. The zero-order valence-corrected chi connectivity index (χ0v) is 16.3. The third-order valence-corrected chi connectivity index (χ3v) is 4.66. The fourth-order valence-electron chi connectivity index (χ4n) is 3.20. The van der Waals surface area contributed by atoms with E-state index in [9.17, 15) is 9.59 Å². The van der Waals surface area contributed by atoms with Gasteiger partial charge in [-0.15, -0.1) is 0 Å². The second kappa shape index (κ2) is 9.04. The predicted octanol–water partition coefficient (Wildman–Crippen LogP) is 5.19. The number of para-hydroxylation sites is 1. The Labute approximate surface area is 169 Å². The van der Waals surface area contributed by atoms with Crippen molar-refractivity contribution in [3.8, 4) is 22.4 Å². The van der Waals surface area contributed by atoms with Crippen molar-refractivity contribution < 1.29 is 14.7 Å². The van der Waals surface area contributed by atoms with Crippen molar-refractivity contribution in [2.75, 3.05) is 7.11 Å². The van der Waals surface area contributed by atoms with Crippen LogP contribution in [0.3, 0.4) is 0 Å². The van der Waals surface area contributed by atoms with Crippen LogP contribution in [0.15, 0.2) is 78.9 Å². The van der Waals surface area contributed by atoms with Gasteiger partial charge in [0.1, 0.15) is 6.29 Å². The van der Waals surface area contributed by atoms with Gasteiger partial charge in [-0.3, -0.25) is 9.59 Å². The number of carbonyl (C=O) groups excluding carboxylic acids is 2. The quantitative estimate of drug-likeness (QED) is 0.389. The molecule has 0 aliphatic rings. The fraction of sp³-hybridized carbons (Fsp3) is 0.0800. The summed E-state index contributed by atoms with van der Waals surface area (Å²) in [6.45, 7) is 1.58. The number of nitrogens with zero attached hydrogens (tertiary/aromatic N) is 1. The Bertz CT molecular complexity index is 1150. The number of aromatic nitrogens is 1. The molecule has 1 N–H and O–H groups in total. The molecule has 0 aliphatic carbocycles. The lowest BCUT2D eigenvalue weighted by Crippen LogP contribution is -1.97. The molecule has 144 valence electrons. The van der Waals surface area contributed by atoms with Crippen LogP contribution in [0, 0.1) is 0 Å². The van der Waals surface area contributed by atoms with Crippen molar-refractivity contribution in [3.05, 3.63) is 90.0 Å². The molecule has 29 heavy (non-hydrogen) atoms. The molecule has 0 bridgehead atoms. The van der Waals surface area contributed by atoms with Gasteiger partial charge in [0, 0.05) is 29.2 Å². The van der Waals surface area contributed by atoms with E-state index in [0.717, 1.165) is 46.7 Å². The summed E-state index contributed by atoms with van der Waals surface area (Å²) in [5.74, 6) is 0.0294. The summed E-state index contributed by atoms with van der Waals surface area (Å²) in [7, 11) is 1.00. The SMILES string of the molecule is CC(=O)c1cc(-c2ccc(-c3ccc(C=O)cc3)cc2)nc2ccccc12.CO.